The lowest BCUT2D eigenvalue weighted by atomic mass is 10.2. The van der Waals surface area contributed by atoms with Crippen LogP contribution in [0.25, 0.3) is 0 Å². The number of hydrogen-bond acceptors (Lipinski definition) is 4. The quantitative estimate of drug-likeness (QED) is 0.830. The van der Waals surface area contributed by atoms with Crippen LogP contribution in [0.1, 0.15) is 45.4 Å². The summed E-state index contributed by atoms with van der Waals surface area (Å²) >= 11 is 0. The van der Waals surface area contributed by atoms with Gasteiger partial charge in [-0.1, -0.05) is 19.8 Å². The van der Waals surface area contributed by atoms with Gasteiger partial charge >= 0.3 is 0 Å². The van der Waals surface area contributed by atoms with Crippen LogP contribution in [0.2, 0.25) is 0 Å². The maximum absolute atomic E-state index is 12.8. The third kappa shape index (κ3) is 3.81. The van der Waals surface area contributed by atoms with E-state index in [1.165, 1.54) is 12.8 Å². The van der Waals surface area contributed by atoms with Gasteiger partial charge in [-0.05, 0) is 25.7 Å². The number of piperazine rings is 1. The van der Waals surface area contributed by atoms with Gasteiger partial charge in [-0.25, -0.2) is 0 Å². The highest BCUT2D eigenvalue weighted by molar-refractivity contribution is 5.81. The average Bonchev–Trinajstić information content (AvgIpc) is 3.24. The Hall–Kier alpha value is -0.650. The number of nitrogens with one attached hydrogen (secondary N) is 1. The van der Waals surface area contributed by atoms with Gasteiger partial charge in [0.05, 0.1) is 6.10 Å². The first-order valence-electron chi connectivity index (χ1n) is 9.17. The first-order valence-corrected chi connectivity index (χ1v) is 9.17. The molecule has 2 saturated heterocycles. The number of carbonyl (C=O) groups excluding carboxylic acids is 1. The molecule has 1 saturated carbocycles. The Balaban J connectivity index is 1.50. The summed E-state index contributed by atoms with van der Waals surface area (Å²) in [6, 6.07) is 0.551. The highest BCUT2D eigenvalue weighted by Crippen LogP contribution is 2.25. The molecule has 0 aromatic rings. The van der Waals surface area contributed by atoms with Gasteiger partial charge in [-0.2, -0.15) is 0 Å². The molecule has 0 spiro atoms. The number of carbonyl (C=O) groups is 1. The summed E-state index contributed by atoms with van der Waals surface area (Å²) in [5.74, 6) is 0.229. The predicted molar refractivity (Wildman–Crippen MR) is 86.8 cm³/mol. The third-order valence-electron chi connectivity index (χ3n) is 5.45. The van der Waals surface area contributed by atoms with Crippen molar-refractivity contribution in [2.45, 2.75) is 63.7 Å². The molecule has 2 heterocycles. The van der Waals surface area contributed by atoms with Crippen LogP contribution in [0.3, 0.4) is 0 Å². The second-order valence-electron chi connectivity index (χ2n) is 6.95. The Bertz CT molecular complexity index is 365. The fraction of sp³-hybridized carbons (Fsp3) is 0.941. The van der Waals surface area contributed by atoms with Gasteiger partial charge < -0.3 is 15.0 Å². The number of hydrogen-bond donors (Lipinski definition) is 1. The van der Waals surface area contributed by atoms with Gasteiger partial charge in [0, 0.05) is 45.3 Å². The van der Waals surface area contributed by atoms with Crippen molar-refractivity contribution in [1.82, 2.24) is 15.1 Å². The van der Waals surface area contributed by atoms with Crippen molar-refractivity contribution in [3.63, 3.8) is 0 Å². The fourth-order valence-corrected chi connectivity index (χ4v) is 4.08. The molecule has 3 aliphatic rings. The Kier molecular flexibility index (Phi) is 5.71. The Morgan fingerprint density at radius 2 is 1.91 bits per heavy atom. The van der Waals surface area contributed by atoms with Gasteiger partial charge in [-0.3, -0.25) is 9.69 Å². The number of rotatable bonds is 5. The van der Waals surface area contributed by atoms with Gasteiger partial charge in [0.1, 0.15) is 6.10 Å². The second kappa shape index (κ2) is 7.75. The maximum Gasteiger partial charge on any atom is 0.251 e. The monoisotopic (exact) mass is 309 g/mol. The van der Waals surface area contributed by atoms with Crippen LogP contribution in [-0.4, -0.2) is 73.2 Å². The maximum atomic E-state index is 12.8. The minimum atomic E-state index is -0.218. The summed E-state index contributed by atoms with van der Waals surface area (Å²) in [7, 11) is 0. The molecule has 22 heavy (non-hydrogen) atoms. The molecule has 3 fully saturated rings. The lowest BCUT2D eigenvalue weighted by Crippen LogP contribution is -2.50. The van der Waals surface area contributed by atoms with Gasteiger partial charge in [0.2, 0.25) is 0 Å². The van der Waals surface area contributed by atoms with E-state index in [1.54, 1.807) is 0 Å². The highest BCUT2D eigenvalue weighted by Gasteiger charge is 2.34. The van der Waals surface area contributed by atoms with Crippen molar-refractivity contribution in [1.29, 1.82) is 0 Å². The molecule has 1 amide bonds. The third-order valence-corrected chi connectivity index (χ3v) is 5.45. The number of amides is 1. The summed E-state index contributed by atoms with van der Waals surface area (Å²) in [5.41, 5.74) is 0. The molecule has 2 unspecified atom stereocenters. The molecule has 1 aliphatic carbocycles. The zero-order chi connectivity index (χ0) is 15.4. The lowest BCUT2D eigenvalue weighted by molar-refractivity contribution is -0.146. The number of likely N-dealkylation sites (tertiary alicyclic amines) is 1. The Morgan fingerprint density at radius 1 is 1.18 bits per heavy atom. The van der Waals surface area contributed by atoms with Crippen LogP contribution in [-0.2, 0) is 9.53 Å². The molecular weight excluding hydrogens is 278 g/mol. The van der Waals surface area contributed by atoms with Crippen molar-refractivity contribution in [2.75, 3.05) is 39.3 Å². The molecule has 3 rings (SSSR count). The van der Waals surface area contributed by atoms with Crippen molar-refractivity contribution in [3.8, 4) is 0 Å². The predicted octanol–water partition coefficient (Wildman–Crippen LogP) is 1.23. The van der Waals surface area contributed by atoms with Crippen molar-refractivity contribution in [3.05, 3.63) is 0 Å². The lowest BCUT2D eigenvalue weighted by Gasteiger charge is -2.33. The van der Waals surface area contributed by atoms with Crippen molar-refractivity contribution >= 4 is 5.91 Å². The fourth-order valence-electron chi connectivity index (χ4n) is 4.08. The SMILES string of the molecule is CCC(OC1CCCC1)C(=O)N1CCC(N2CCNCC2)C1. The van der Waals surface area contributed by atoms with E-state index < -0.39 is 0 Å². The Morgan fingerprint density at radius 3 is 2.59 bits per heavy atom. The summed E-state index contributed by atoms with van der Waals surface area (Å²) in [5, 5.41) is 3.40. The van der Waals surface area contributed by atoms with Crippen LogP contribution >= 0.6 is 0 Å². The summed E-state index contributed by atoms with van der Waals surface area (Å²) in [4.78, 5) is 17.4. The van der Waals surface area contributed by atoms with E-state index in [2.05, 4.69) is 22.0 Å². The summed E-state index contributed by atoms with van der Waals surface area (Å²) in [6.45, 7) is 8.24. The molecule has 5 nitrogen and oxygen atoms in total. The van der Waals surface area contributed by atoms with E-state index in [1.807, 2.05) is 0 Å². The zero-order valence-electron chi connectivity index (χ0n) is 13.9. The normalized spacial score (nSPS) is 29.1. The minimum Gasteiger partial charge on any atom is -0.365 e. The second-order valence-corrected chi connectivity index (χ2v) is 6.95. The minimum absolute atomic E-state index is 0.218. The molecule has 0 aromatic heterocycles. The van der Waals surface area contributed by atoms with Crippen molar-refractivity contribution in [2.24, 2.45) is 0 Å². The first kappa shape index (κ1) is 16.2. The summed E-state index contributed by atoms with van der Waals surface area (Å²) in [6.07, 6.45) is 6.79. The van der Waals surface area contributed by atoms with E-state index in [0.29, 0.717) is 12.1 Å². The van der Waals surface area contributed by atoms with Crippen molar-refractivity contribution < 1.29 is 9.53 Å². The van der Waals surface area contributed by atoms with E-state index in [-0.39, 0.29) is 12.0 Å². The molecule has 0 bridgehead atoms. The van der Waals surface area contributed by atoms with E-state index in [0.717, 1.165) is 65.0 Å². The number of nitrogens with zero attached hydrogens (tertiary/aromatic N) is 2. The van der Waals surface area contributed by atoms with Gasteiger partial charge in [0.15, 0.2) is 0 Å². The zero-order valence-corrected chi connectivity index (χ0v) is 13.9. The standard InChI is InChI=1S/C17H31N3O2/c1-2-16(22-15-5-3-4-6-15)17(21)20-10-7-14(13-20)19-11-8-18-9-12-19/h14-16,18H,2-13H2,1H3. The van der Waals surface area contributed by atoms with E-state index >= 15 is 0 Å². The smallest absolute Gasteiger partial charge is 0.251 e. The van der Waals surface area contributed by atoms with Gasteiger partial charge in [0.25, 0.3) is 5.91 Å². The van der Waals surface area contributed by atoms with Crippen LogP contribution < -0.4 is 5.32 Å². The molecule has 5 heteroatoms. The van der Waals surface area contributed by atoms with E-state index in [4.69, 9.17) is 4.74 Å². The highest BCUT2D eigenvalue weighted by atomic mass is 16.5. The van der Waals surface area contributed by atoms with Crippen LogP contribution in [0.5, 0.6) is 0 Å². The molecular formula is C17H31N3O2. The summed E-state index contributed by atoms with van der Waals surface area (Å²) < 4.78 is 6.10. The molecule has 2 atom stereocenters. The van der Waals surface area contributed by atoms with Gasteiger partial charge in [-0.15, -0.1) is 0 Å². The van der Waals surface area contributed by atoms with E-state index in [9.17, 15) is 4.79 Å². The van der Waals surface area contributed by atoms with Crippen LogP contribution in [0.15, 0.2) is 0 Å². The molecule has 1 N–H and O–H groups in total. The van der Waals surface area contributed by atoms with Crippen LogP contribution in [0, 0.1) is 0 Å². The average molecular weight is 309 g/mol. The number of ether oxygens (including phenoxy) is 1. The molecule has 126 valence electrons. The van der Waals surface area contributed by atoms with Crippen LogP contribution in [0.4, 0.5) is 0 Å². The first-order chi connectivity index (χ1) is 10.8. The largest absolute Gasteiger partial charge is 0.365 e. The topological polar surface area (TPSA) is 44.8 Å². The molecule has 0 aromatic carbocycles. The molecule has 2 aliphatic heterocycles. The molecule has 0 radical (unpaired) electrons. The Labute approximate surface area is 134 Å².